The first-order chi connectivity index (χ1) is 11.3. The summed E-state index contributed by atoms with van der Waals surface area (Å²) in [6.07, 6.45) is -1.90. The van der Waals surface area contributed by atoms with Crippen LogP contribution in [0.2, 0.25) is 5.02 Å². The smallest absolute Gasteiger partial charge is 0.343 e. The molecule has 0 bridgehead atoms. The molecule has 0 atom stereocenters. The summed E-state index contributed by atoms with van der Waals surface area (Å²) >= 11 is 5.55. The summed E-state index contributed by atoms with van der Waals surface area (Å²) < 4.78 is 38.8. The van der Waals surface area contributed by atoms with E-state index in [0.717, 1.165) is 6.07 Å². The lowest BCUT2D eigenvalue weighted by Gasteiger charge is -2.14. The summed E-state index contributed by atoms with van der Waals surface area (Å²) in [5, 5.41) is 4.29. The van der Waals surface area contributed by atoms with Crippen molar-refractivity contribution >= 4 is 29.1 Å². The summed E-state index contributed by atoms with van der Waals surface area (Å²) in [7, 11) is 0. The van der Waals surface area contributed by atoms with Crippen LogP contribution in [0.3, 0.4) is 0 Å². The third kappa shape index (κ3) is 4.69. The molecule has 24 heavy (non-hydrogen) atoms. The number of aromatic nitrogens is 1. The highest BCUT2D eigenvalue weighted by Crippen LogP contribution is 2.36. The molecule has 0 spiro atoms. The minimum absolute atomic E-state index is 0.106. The summed E-state index contributed by atoms with van der Waals surface area (Å²) in [5.74, 6) is -1.37. The highest BCUT2D eigenvalue weighted by Gasteiger charge is 2.34. The third-order valence-corrected chi connectivity index (χ3v) is 3.13. The molecule has 5 nitrogen and oxygen atoms in total. The number of hydrogen-bond acceptors (Lipinski definition) is 3. The largest absolute Gasteiger partial charge is 0.418 e. The SMILES string of the molecule is O=C(CNC(=O)c1cccnc1)Nc1ccc(Cl)cc1C(F)(F)F. The van der Waals surface area contributed by atoms with E-state index >= 15 is 0 Å². The molecule has 1 aromatic carbocycles. The van der Waals surface area contributed by atoms with E-state index in [4.69, 9.17) is 11.6 Å². The van der Waals surface area contributed by atoms with Crippen molar-refractivity contribution in [3.8, 4) is 0 Å². The first kappa shape index (κ1) is 17.7. The van der Waals surface area contributed by atoms with E-state index < -0.39 is 35.8 Å². The van der Waals surface area contributed by atoms with Crippen LogP contribution in [-0.4, -0.2) is 23.3 Å². The molecule has 2 amide bonds. The molecule has 1 heterocycles. The van der Waals surface area contributed by atoms with Crippen LogP contribution in [0.5, 0.6) is 0 Å². The van der Waals surface area contributed by atoms with Gasteiger partial charge in [-0.1, -0.05) is 11.6 Å². The van der Waals surface area contributed by atoms with Crippen molar-refractivity contribution in [2.75, 3.05) is 11.9 Å². The average Bonchev–Trinajstić information content (AvgIpc) is 2.54. The molecule has 0 saturated carbocycles. The molecule has 9 heteroatoms. The predicted octanol–water partition coefficient (Wildman–Crippen LogP) is 3.12. The van der Waals surface area contributed by atoms with Gasteiger partial charge >= 0.3 is 6.18 Å². The maximum Gasteiger partial charge on any atom is 0.418 e. The maximum absolute atomic E-state index is 12.9. The molecule has 2 aromatic rings. The van der Waals surface area contributed by atoms with Crippen LogP contribution < -0.4 is 10.6 Å². The molecule has 0 aliphatic rings. The molecule has 126 valence electrons. The van der Waals surface area contributed by atoms with Gasteiger partial charge < -0.3 is 10.6 Å². The van der Waals surface area contributed by atoms with Gasteiger partial charge in [0, 0.05) is 17.4 Å². The summed E-state index contributed by atoms with van der Waals surface area (Å²) in [6, 6.07) is 6.01. The van der Waals surface area contributed by atoms with Crippen LogP contribution in [0.4, 0.5) is 18.9 Å². The van der Waals surface area contributed by atoms with E-state index in [2.05, 4.69) is 15.6 Å². The minimum atomic E-state index is -4.67. The molecule has 2 rings (SSSR count). The molecular weight excluding hydrogens is 347 g/mol. The number of amides is 2. The summed E-state index contributed by atoms with van der Waals surface area (Å²) in [6.45, 7) is -0.492. The van der Waals surface area contributed by atoms with E-state index in [0.29, 0.717) is 6.07 Å². The standard InChI is InChI=1S/C15H11ClF3N3O2/c16-10-3-4-12(11(6-10)15(17,18)19)22-13(23)8-21-14(24)9-2-1-5-20-7-9/h1-7H,8H2,(H,21,24)(H,22,23). The molecule has 0 aliphatic carbocycles. The van der Waals surface area contributed by atoms with Crippen LogP contribution in [0.15, 0.2) is 42.7 Å². The van der Waals surface area contributed by atoms with Gasteiger partial charge in [0.25, 0.3) is 5.91 Å². The second kappa shape index (κ2) is 7.31. The van der Waals surface area contributed by atoms with E-state index in [1.807, 2.05) is 0 Å². The van der Waals surface area contributed by atoms with Gasteiger partial charge in [0.2, 0.25) is 5.91 Å². The van der Waals surface area contributed by atoms with Crippen molar-refractivity contribution in [1.82, 2.24) is 10.3 Å². The molecule has 0 saturated heterocycles. The quantitative estimate of drug-likeness (QED) is 0.883. The van der Waals surface area contributed by atoms with Gasteiger partial charge in [-0.3, -0.25) is 14.6 Å². The van der Waals surface area contributed by atoms with Crippen molar-refractivity contribution in [3.05, 3.63) is 58.9 Å². The van der Waals surface area contributed by atoms with Crippen molar-refractivity contribution in [2.45, 2.75) is 6.18 Å². The zero-order valence-corrected chi connectivity index (χ0v) is 12.8. The second-order valence-corrected chi connectivity index (χ2v) is 5.10. The van der Waals surface area contributed by atoms with E-state index in [1.165, 1.54) is 30.6 Å². The van der Waals surface area contributed by atoms with Gasteiger partial charge in [-0.2, -0.15) is 13.2 Å². The lowest BCUT2D eigenvalue weighted by molar-refractivity contribution is -0.137. The molecule has 1 aromatic heterocycles. The van der Waals surface area contributed by atoms with E-state index in [9.17, 15) is 22.8 Å². The highest BCUT2D eigenvalue weighted by atomic mass is 35.5. The van der Waals surface area contributed by atoms with Crippen LogP contribution >= 0.6 is 11.6 Å². The number of alkyl halides is 3. The van der Waals surface area contributed by atoms with Crippen LogP contribution in [0, 0.1) is 0 Å². The van der Waals surface area contributed by atoms with E-state index in [-0.39, 0.29) is 10.6 Å². The predicted molar refractivity (Wildman–Crippen MR) is 81.7 cm³/mol. The number of pyridine rings is 1. The van der Waals surface area contributed by atoms with Crippen molar-refractivity contribution in [3.63, 3.8) is 0 Å². The van der Waals surface area contributed by atoms with E-state index in [1.54, 1.807) is 0 Å². The van der Waals surface area contributed by atoms with Crippen molar-refractivity contribution in [1.29, 1.82) is 0 Å². The Morgan fingerprint density at radius 2 is 1.96 bits per heavy atom. The average molecular weight is 358 g/mol. The number of halogens is 4. The fraction of sp³-hybridized carbons (Fsp3) is 0.133. The molecule has 2 N–H and O–H groups in total. The number of carbonyl (C=O) groups is 2. The Kier molecular flexibility index (Phi) is 5.40. The number of benzene rings is 1. The third-order valence-electron chi connectivity index (χ3n) is 2.89. The van der Waals surface area contributed by atoms with Crippen molar-refractivity contribution in [2.24, 2.45) is 0 Å². The van der Waals surface area contributed by atoms with Crippen molar-refractivity contribution < 1.29 is 22.8 Å². The van der Waals surface area contributed by atoms with Gasteiger partial charge in [-0.15, -0.1) is 0 Å². The second-order valence-electron chi connectivity index (χ2n) is 4.66. The zero-order valence-electron chi connectivity index (χ0n) is 12.0. The van der Waals surface area contributed by atoms with Crippen LogP contribution in [0.25, 0.3) is 0 Å². The summed E-state index contributed by atoms with van der Waals surface area (Å²) in [4.78, 5) is 27.3. The number of nitrogens with one attached hydrogen (secondary N) is 2. The highest BCUT2D eigenvalue weighted by molar-refractivity contribution is 6.30. The normalized spacial score (nSPS) is 11.0. The maximum atomic E-state index is 12.9. The molecule has 0 aliphatic heterocycles. The van der Waals surface area contributed by atoms with Crippen LogP contribution in [-0.2, 0) is 11.0 Å². The first-order valence-corrected chi connectivity index (χ1v) is 7.00. The van der Waals surface area contributed by atoms with Gasteiger partial charge in [0.1, 0.15) is 0 Å². The van der Waals surface area contributed by atoms with Gasteiger partial charge in [0.05, 0.1) is 23.4 Å². The molecule has 0 unspecified atom stereocenters. The molecule has 0 radical (unpaired) electrons. The lowest BCUT2D eigenvalue weighted by Crippen LogP contribution is -2.33. The number of nitrogens with zero attached hydrogens (tertiary/aromatic N) is 1. The van der Waals surface area contributed by atoms with Crippen LogP contribution in [0.1, 0.15) is 15.9 Å². The minimum Gasteiger partial charge on any atom is -0.343 e. The topological polar surface area (TPSA) is 71.1 Å². The molecular formula is C15H11ClF3N3O2. The number of carbonyl (C=O) groups excluding carboxylic acids is 2. The Morgan fingerprint density at radius 3 is 2.58 bits per heavy atom. The monoisotopic (exact) mass is 357 g/mol. The Balaban J connectivity index is 2.02. The number of hydrogen-bond donors (Lipinski definition) is 2. The number of rotatable bonds is 4. The van der Waals surface area contributed by atoms with Gasteiger partial charge in [-0.25, -0.2) is 0 Å². The number of anilines is 1. The fourth-order valence-corrected chi connectivity index (χ4v) is 1.99. The Bertz CT molecular complexity index is 751. The Hall–Kier alpha value is -2.61. The Morgan fingerprint density at radius 1 is 1.21 bits per heavy atom. The van der Waals surface area contributed by atoms with Gasteiger partial charge in [-0.05, 0) is 30.3 Å². The lowest BCUT2D eigenvalue weighted by atomic mass is 10.1. The zero-order chi connectivity index (χ0) is 17.7. The molecule has 0 fully saturated rings. The first-order valence-electron chi connectivity index (χ1n) is 6.62. The van der Waals surface area contributed by atoms with Gasteiger partial charge in [0.15, 0.2) is 0 Å². The Labute approximate surface area is 139 Å². The summed E-state index contributed by atoms with van der Waals surface area (Å²) in [5.41, 5.74) is -1.28. The fourth-order valence-electron chi connectivity index (χ4n) is 1.81.